The second-order valence-electron chi connectivity index (χ2n) is 7.04. The molecule has 3 fully saturated rings. The molecule has 1 aromatic heterocycles. The number of carbonyl (C=O) groups is 1. The number of carbonyl (C=O) groups excluding carboxylic acids is 1. The quantitative estimate of drug-likeness (QED) is 0.871. The molecular weight excluding hydrogens is 266 g/mol. The van der Waals surface area contributed by atoms with Crippen LogP contribution in [0.5, 0.6) is 0 Å². The highest BCUT2D eigenvalue weighted by molar-refractivity contribution is 5.88. The van der Waals surface area contributed by atoms with Gasteiger partial charge in [-0.05, 0) is 25.2 Å². The number of nitrogens with zero attached hydrogens (tertiary/aromatic N) is 3. The van der Waals surface area contributed by atoms with E-state index in [9.17, 15) is 4.79 Å². The van der Waals surface area contributed by atoms with Gasteiger partial charge in [0.15, 0.2) is 0 Å². The van der Waals surface area contributed by atoms with E-state index in [0.717, 1.165) is 32.0 Å². The van der Waals surface area contributed by atoms with Gasteiger partial charge in [0.05, 0.1) is 12.2 Å². The van der Waals surface area contributed by atoms with Gasteiger partial charge in [-0.2, -0.15) is 5.10 Å². The topological polar surface area (TPSA) is 62.2 Å². The van der Waals surface area contributed by atoms with E-state index in [2.05, 4.69) is 22.7 Å². The minimum atomic E-state index is 0.0201. The second-order valence-corrected chi connectivity index (χ2v) is 7.04. The number of anilines is 1. The van der Waals surface area contributed by atoms with Crippen LogP contribution in [0.2, 0.25) is 0 Å². The van der Waals surface area contributed by atoms with E-state index in [0.29, 0.717) is 12.0 Å². The molecule has 0 spiro atoms. The minimum absolute atomic E-state index is 0.0201. The van der Waals surface area contributed by atoms with E-state index in [1.165, 1.54) is 19.3 Å². The Kier molecular flexibility index (Phi) is 2.96. The van der Waals surface area contributed by atoms with E-state index in [-0.39, 0.29) is 11.4 Å². The first-order valence-electron chi connectivity index (χ1n) is 7.96. The van der Waals surface area contributed by atoms with Crippen LogP contribution in [0.1, 0.15) is 32.2 Å². The number of aromatic nitrogens is 2. The molecule has 3 aliphatic rings. The van der Waals surface area contributed by atoms with Crippen molar-refractivity contribution in [1.29, 1.82) is 0 Å². The third-order valence-corrected chi connectivity index (χ3v) is 5.51. The highest BCUT2D eigenvalue weighted by Crippen LogP contribution is 2.38. The van der Waals surface area contributed by atoms with Crippen LogP contribution < -0.4 is 10.6 Å². The predicted octanol–water partition coefficient (Wildman–Crippen LogP) is 1.68. The molecule has 0 bridgehead atoms. The van der Waals surface area contributed by atoms with Gasteiger partial charge in [0.1, 0.15) is 5.82 Å². The van der Waals surface area contributed by atoms with Crippen LogP contribution in [-0.2, 0) is 0 Å². The number of urea groups is 1. The van der Waals surface area contributed by atoms with Crippen molar-refractivity contribution >= 4 is 11.8 Å². The fourth-order valence-corrected chi connectivity index (χ4v) is 3.84. The highest BCUT2D eigenvalue weighted by atomic mass is 16.2. The van der Waals surface area contributed by atoms with Crippen molar-refractivity contribution in [3.05, 3.63) is 12.3 Å². The number of hydrogen-bond donors (Lipinski definition) is 2. The summed E-state index contributed by atoms with van der Waals surface area (Å²) in [6, 6.07) is 2.39. The molecule has 3 heterocycles. The molecule has 4 rings (SSSR count). The average molecular weight is 289 g/mol. The summed E-state index contributed by atoms with van der Waals surface area (Å²) < 4.78 is 1.97. The van der Waals surface area contributed by atoms with Crippen molar-refractivity contribution in [2.45, 2.75) is 32.2 Å². The Hall–Kier alpha value is -1.56. The first-order valence-corrected chi connectivity index (χ1v) is 7.96. The lowest BCUT2D eigenvalue weighted by molar-refractivity contribution is 0.214. The van der Waals surface area contributed by atoms with E-state index < -0.39 is 0 Å². The molecule has 0 radical (unpaired) electrons. The molecule has 1 aromatic rings. The van der Waals surface area contributed by atoms with Gasteiger partial charge in [0.2, 0.25) is 0 Å². The molecule has 1 aliphatic carbocycles. The van der Waals surface area contributed by atoms with Crippen molar-refractivity contribution in [3.8, 4) is 0 Å². The second kappa shape index (κ2) is 4.73. The molecule has 6 nitrogen and oxygen atoms in total. The standard InChI is InChI=1S/C15H23N5O/c1-15-9-16-7-11(15)8-19(10-15)14(21)18-13-5-6-17-20(13)12-3-2-4-12/h5-6,11-12,16H,2-4,7-10H2,1H3,(H,18,21)/t11-,15+/m0/s1. The summed E-state index contributed by atoms with van der Waals surface area (Å²) in [5.41, 5.74) is 0.242. The average Bonchev–Trinajstić information content (AvgIpc) is 3.01. The summed E-state index contributed by atoms with van der Waals surface area (Å²) >= 11 is 0. The van der Waals surface area contributed by atoms with Crippen molar-refractivity contribution in [2.24, 2.45) is 11.3 Å². The molecule has 2 saturated heterocycles. The number of amides is 2. The number of nitrogens with one attached hydrogen (secondary N) is 2. The van der Waals surface area contributed by atoms with E-state index in [1.807, 2.05) is 15.6 Å². The Morgan fingerprint density at radius 3 is 3.10 bits per heavy atom. The monoisotopic (exact) mass is 289 g/mol. The third kappa shape index (κ3) is 2.12. The normalized spacial score (nSPS) is 32.0. The van der Waals surface area contributed by atoms with Gasteiger partial charge in [0.25, 0.3) is 0 Å². The zero-order valence-electron chi connectivity index (χ0n) is 12.5. The van der Waals surface area contributed by atoms with Crippen LogP contribution in [0.25, 0.3) is 0 Å². The lowest BCUT2D eigenvalue weighted by atomic mass is 9.83. The van der Waals surface area contributed by atoms with Crippen LogP contribution in [0.4, 0.5) is 10.6 Å². The Balaban J connectivity index is 1.44. The van der Waals surface area contributed by atoms with Gasteiger partial charge in [-0.3, -0.25) is 5.32 Å². The zero-order valence-corrected chi connectivity index (χ0v) is 12.5. The first-order chi connectivity index (χ1) is 10.2. The molecule has 2 atom stereocenters. The molecule has 21 heavy (non-hydrogen) atoms. The molecule has 2 aliphatic heterocycles. The van der Waals surface area contributed by atoms with Gasteiger partial charge in [-0.15, -0.1) is 0 Å². The number of likely N-dealkylation sites (tertiary alicyclic amines) is 1. The molecule has 0 aromatic carbocycles. The lowest BCUT2D eigenvalue weighted by Gasteiger charge is -2.28. The lowest BCUT2D eigenvalue weighted by Crippen LogP contribution is -2.37. The van der Waals surface area contributed by atoms with Gasteiger partial charge < -0.3 is 10.2 Å². The summed E-state index contributed by atoms with van der Waals surface area (Å²) in [6.45, 7) is 6.02. The maximum absolute atomic E-state index is 12.5. The van der Waals surface area contributed by atoms with Gasteiger partial charge in [0, 0.05) is 37.7 Å². The Labute approximate surface area is 124 Å². The predicted molar refractivity (Wildman–Crippen MR) is 80.2 cm³/mol. The summed E-state index contributed by atoms with van der Waals surface area (Å²) in [5, 5.41) is 10.9. The summed E-state index contributed by atoms with van der Waals surface area (Å²) in [4.78, 5) is 14.5. The Morgan fingerprint density at radius 2 is 2.38 bits per heavy atom. The highest BCUT2D eigenvalue weighted by Gasteiger charge is 2.47. The smallest absolute Gasteiger partial charge is 0.323 e. The fraction of sp³-hybridized carbons (Fsp3) is 0.733. The Morgan fingerprint density at radius 1 is 1.52 bits per heavy atom. The molecule has 2 amide bonds. The van der Waals surface area contributed by atoms with Crippen LogP contribution in [-0.4, -0.2) is 46.9 Å². The van der Waals surface area contributed by atoms with E-state index in [4.69, 9.17) is 0 Å². The SMILES string of the molecule is C[C@]12CNC[C@H]1CN(C(=O)Nc1ccnn1C1CCC1)C2. The summed E-state index contributed by atoms with van der Waals surface area (Å²) in [7, 11) is 0. The van der Waals surface area contributed by atoms with Crippen LogP contribution >= 0.6 is 0 Å². The first kappa shape index (κ1) is 13.1. The van der Waals surface area contributed by atoms with Gasteiger partial charge >= 0.3 is 6.03 Å². The summed E-state index contributed by atoms with van der Waals surface area (Å²) in [6.07, 6.45) is 5.37. The van der Waals surface area contributed by atoms with Crippen molar-refractivity contribution in [1.82, 2.24) is 20.0 Å². The number of fused-ring (bicyclic) bond motifs is 1. The largest absolute Gasteiger partial charge is 0.324 e. The van der Waals surface area contributed by atoms with Crippen LogP contribution in [0.15, 0.2) is 12.3 Å². The maximum Gasteiger partial charge on any atom is 0.323 e. The minimum Gasteiger partial charge on any atom is -0.324 e. The summed E-state index contributed by atoms with van der Waals surface area (Å²) in [5.74, 6) is 1.42. The maximum atomic E-state index is 12.5. The number of rotatable bonds is 2. The number of hydrogen-bond acceptors (Lipinski definition) is 3. The van der Waals surface area contributed by atoms with Crippen molar-refractivity contribution in [2.75, 3.05) is 31.5 Å². The molecule has 2 N–H and O–H groups in total. The zero-order chi connectivity index (χ0) is 14.4. The van der Waals surface area contributed by atoms with Crippen molar-refractivity contribution < 1.29 is 4.79 Å². The van der Waals surface area contributed by atoms with Gasteiger partial charge in [-0.25, -0.2) is 9.48 Å². The van der Waals surface area contributed by atoms with Crippen LogP contribution in [0, 0.1) is 11.3 Å². The van der Waals surface area contributed by atoms with E-state index >= 15 is 0 Å². The van der Waals surface area contributed by atoms with E-state index in [1.54, 1.807) is 6.20 Å². The van der Waals surface area contributed by atoms with Gasteiger partial charge in [-0.1, -0.05) is 6.92 Å². The molecule has 114 valence electrons. The molecule has 6 heteroatoms. The third-order valence-electron chi connectivity index (χ3n) is 5.51. The Bertz CT molecular complexity index is 552. The van der Waals surface area contributed by atoms with Crippen LogP contribution in [0.3, 0.4) is 0 Å². The molecule has 0 unspecified atom stereocenters. The molecule has 1 saturated carbocycles. The van der Waals surface area contributed by atoms with Crippen molar-refractivity contribution in [3.63, 3.8) is 0 Å². The molecular formula is C15H23N5O. The fourth-order valence-electron chi connectivity index (χ4n) is 3.84.